The number of carbonyl (C=O) groups excluding carboxylic acids is 1. The Hall–Kier alpha value is -1.54. The average Bonchev–Trinajstić information content (AvgIpc) is 2.34. The maximum Gasteiger partial charge on any atom is 0.263 e. The third-order valence-electron chi connectivity index (χ3n) is 2.26. The van der Waals surface area contributed by atoms with Gasteiger partial charge in [-0.05, 0) is 6.42 Å². The predicted molar refractivity (Wildman–Crippen MR) is 59.4 cm³/mol. The van der Waals surface area contributed by atoms with E-state index in [2.05, 4.69) is 5.32 Å². The molecule has 0 spiro atoms. The van der Waals surface area contributed by atoms with E-state index in [9.17, 15) is 4.79 Å². The van der Waals surface area contributed by atoms with E-state index in [0.29, 0.717) is 19.8 Å². The van der Waals surface area contributed by atoms with Gasteiger partial charge >= 0.3 is 0 Å². The lowest BCUT2D eigenvalue weighted by molar-refractivity contribution is -0.117. The molecule has 1 fully saturated rings. The molecule has 0 atom stereocenters. The van der Waals surface area contributed by atoms with E-state index in [1.807, 2.05) is 17.9 Å². The third kappa shape index (κ3) is 3.91. The lowest BCUT2D eigenvalue weighted by atomic mass is 10.2. The molecule has 1 rings (SSSR count). The Morgan fingerprint density at radius 1 is 1.56 bits per heavy atom. The summed E-state index contributed by atoms with van der Waals surface area (Å²) in [5.74, 6) is -0.296. The Labute approximate surface area is 95.7 Å². The number of morpholine rings is 1. The van der Waals surface area contributed by atoms with Crippen molar-refractivity contribution in [1.82, 2.24) is 10.2 Å². The second kappa shape index (κ2) is 6.85. The molecule has 1 aliphatic rings. The highest BCUT2D eigenvalue weighted by Crippen LogP contribution is 2.02. The minimum atomic E-state index is -0.296. The van der Waals surface area contributed by atoms with Crippen molar-refractivity contribution in [2.24, 2.45) is 0 Å². The van der Waals surface area contributed by atoms with Crippen LogP contribution in [0.25, 0.3) is 0 Å². The lowest BCUT2D eigenvalue weighted by Crippen LogP contribution is -2.34. The number of nitrogens with one attached hydrogen (secondary N) is 1. The van der Waals surface area contributed by atoms with Crippen LogP contribution in [0.15, 0.2) is 11.8 Å². The highest BCUT2D eigenvalue weighted by atomic mass is 16.5. The molecule has 0 saturated carbocycles. The van der Waals surface area contributed by atoms with E-state index in [1.54, 1.807) is 6.20 Å². The van der Waals surface area contributed by atoms with Crippen molar-refractivity contribution in [1.29, 1.82) is 5.26 Å². The maximum atomic E-state index is 11.5. The Bertz CT molecular complexity index is 301. The Kier molecular flexibility index (Phi) is 5.37. The molecule has 0 aromatic rings. The van der Waals surface area contributed by atoms with Gasteiger partial charge in [0.25, 0.3) is 5.91 Å². The van der Waals surface area contributed by atoms with Crippen LogP contribution >= 0.6 is 0 Å². The monoisotopic (exact) mass is 223 g/mol. The van der Waals surface area contributed by atoms with Crippen LogP contribution in [0, 0.1) is 11.3 Å². The van der Waals surface area contributed by atoms with Crippen molar-refractivity contribution >= 4 is 5.91 Å². The predicted octanol–water partition coefficient (Wildman–Crippen LogP) is 0.252. The van der Waals surface area contributed by atoms with Gasteiger partial charge in [0.1, 0.15) is 11.6 Å². The van der Waals surface area contributed by atoms with Gasteiger partial charge in [-0.15, -0.1) is 0 Å². The fourth-order valence-corrected chi connectivity index (χ4v) is 1.36. The van der Waals surface area contributed by atoms with Crippen molar-refractivity contribution in [3.63, 3.8) is 0 Å². The molecule has 0 aliphatic carbocycles. The summed E-state index contributed by atoms with van der Waals surface area (Å²) in [6, 6.07) is 1.92. The molecular weight excluding hydrogens is 206 g/mol. The second-order valence-electron chi connectivity index (χ2n) is 3.56. The van der Waals surface area contributed by atoms with Gasteiger partial charge in [-0.1, -0.05) is 6.92 Å². The minimum Gasteiger partial charge on any atom is -0.378 e. The van der Waals surface area contributed by atoms with E-state index in [-0.39, 0.29) is 11.5 Å². The van der Waals surface area contributed by atoms with Crippen molar-refractivity contribution in [3.05, 3.63) is 11.8 Å². The summed E-state index contributed by atoms with van der Waals surface area (Å²) in [5.41, 5.74) is 0.162. The van der Waals surface area contributed by atoms with Gasteiger partial charge in [0.2, 0.25) is 0 Å². The van der Waals surface area contributed by atoms with E-state index in [4.69, 9.17) is 10.00 Å². The summed E-state index contributed by atoms with van der Waals surface area (Å²) < 4.78 is 5.19. The van der Waals surface area contributed by atoms with Crippen LogP contribution < -0.4 is 5.32 Å². The first-order valence-electron chi connectivity index (χ1n) is 5.50. The van der Waals surface area contributed by atoms with Crippen LogP contribution in [0.3, 0.4) is 0 Å². The molecule has 16 heavy (non-hydrogen) atoms. The standard InChI is InChI=1S/C11H17N3O2/c1-2-3-13-11(15)10(8-12)9-14-4-6-16-7-5-14/h9H,2-7H2,1H3,(H,13,15)/b10-9-. The van der Waals surface area contributed by atoms with Gasteiger partial charge in [-0.25, -0.2) is 0 Å². The minimum absolute atomic E-state index is 0.162. The normalized spacial score (nSPS) is 16.8. The molecule has 0 unspecified atom stereocenters. The van der Waals surface area contributed by atoms with Crippen LogP contribution in [-0.2, 0) is 9.53 Å². The van der Waals surface area contributed by atoms with E-state index in [0.717, 1.165) is 19.5 Å². The molecule has 0 aromatic heterocycles. The SMILES string of the molecule is CCCNC(=O)/C(C#N)=C\N1CCOCC1. The van der Waals surface area contributed by atoms with Gasteiger partial charge in [-0.3, -0.25) is 4.79 Å². The molecule has 1 amide bonds. The highest BCUT2D eigenvalue weighted by molar-refractivity contribution is 5.97. The van der Waals surface area contributed by atoms with Crippen LogP contribution in [-0.4, -0.2) is 43.7 Å². The van der Waals surface area contributed by atoms with E-state index >= 15 is 0 Å². The van der Waals surface area contributed by atoms with Crippen LogP contribution in [0.5, 0.6) is 0 Å². The Morgan fingerprint density at radius 3 is 2.81 bits per heavy atom. The lowest BCUT2D eigenvalue weighted by Gasteiger charge is -2.25. The molecule has 5 nitrogen and oxygen atoms in total. The van der Waals surface area contributed by atoms with E-state index in [1.165, 1.54) is 0 Å². The summed E-state index contributed by atoms with van der Waals surface area (Å²) in [6.45, 7) is 5.31. The van der Waals surface area contributed by atoms with Gasteiger partial charge in [0.15, 0.2) is 0 Å². The topological polar surface area (TPSA) is 65.4 Å². The molecule has 1 saturated heterocycles. The van der Waals surface area contributed by atoms with E-state index < -0.39 is 0 Å². The van der Waals surface area contributed by atoms with Crippen LogP contribution in [0.2, 0.25) is 0 Å². The number of carbonyl (C=O) groups is 1. The third-order valence-corrected chi connectivity index (χ3v) is 2.26. The number of ether oxygens (including phenoxy) is 1. The number of amides is 1. The largest absolute Gasteiger partial charge is 0.378 e. The summed E-state index contributed by atoms with van der Waals surface area (Å²) >= 11 is 0. The molecular formula is C11H17N3O2. The van der Waals surface area contributed by atoms with Crippen LogP contribution in [0.4, 0.5) is 0 Å². The van der Waals surface area contributed by atoms with Crippen molar-refractivity contribution in [2.75, 3.05) is 32.8 Å². The number of rotatable bonds is 4. The Morgan fingerprint density at radius 2 is 2.25 bits per heavy atom. The molecule has 0 bridgehead atoms. The average molecular weight is 223 g/mol. The first-order valence-corrected chi connectivity index (χ1v) is 5.50. The van der Waals surface area contributed by atoms with Gasteiger partial charge in [-0.2, -0.15) is 5.26 Å². The Balaban J connectivity index is 2.54. The van der Waals surface area contributed by atoms with Crippen molar-refractivity contribution < 1.29 is 9.53 Å². The first kappa shape index (κ1) is 12.5. The molecule has 1 aliphatic heterocycles. The second-order valence-corrected chi connectivity index (χ2v) is 3.56. The molecule has 1 N–H and O–H groups in total. The summed E-state index contributed by atoms with van der Waals surface area (Å²) in [6.07, 6.45) is 2.48. The molecule has 0 aromatic carbocycles. The fourth-order valence-electron chi connectivity index (χ4n) is 1.36. The summed E-state index contributed by atoms with van der Waals surface area (Å²) in [7, 11) is 0. The van der Waals surface area contributed by atoms with Crippen molar-refractivity contribution in [2.45, 2.75) is 13.3 Å². The number of hydrogen-bond donors (Lipinski definition) is 1. The summed E-state index contributed by atoms with van der Waals surface area (Å²) in [4.78, 5) is 13.5. The molecule has 1 heterocycles. The maximum absolute atomic E-state index is 11.5. The number of nitriles is 1. The van der Waals surface area contributed by atoms with Gasteiger partial charge < -0.3 is 15.0 Å². The number of hydrogen-bond acceptors (Lipinski definition) is 4. The van der Waals surface area contributed by atoms with Crippen LogP contribution in [0.1, 0.15) is 13.3 Å². The smallest absolute Gasteiger partial charge is 0.263 e. The zero-order valence-electron chi connectivity index (χ0n) is 9.53. The molecule has 88 valence electrons. The molecule has 5 heteroatoms. The zero-order chi connectivity index (χ0) is 11.8. The fraction of sp³-hybridized carbons (Fsp3) is 0.636. The highest BCUT2D eigenvalue weighted by Gasteiger charge is 2.12. The quantitative estimate of drug-likeness (QED) is 0.548. The van der Waals surface area contributed by atoms with Gasteiger partial charge in [0.05, 0.1) is 13.2 Å². The van der Waals surface area contributed by atoms with Crippen molar-refractivity contribution in [3.8, 4) is 6.07 Å². The van der Waals surface area contributed by atoms with Gasteiger partial charge in [0, 0.05) is 25.8 Å². The molecule has 0 radical (unpaired) electrons. The zero-order valence-corrected chi connectivity index (χ0v) is 9.53. The number of nitrogens with zero attached hydrogens (tertiary/aromatic N) is 2. The summed E-state index contributed by atoms with van der Waals surface area (Å²) in [5, 5.41) is 11.6. The first-order chi connectivity index (χ1) is 7.77.